The van der Waals surface area contributed by atoms with Crippen LogP contribution in [0.2, 0.25) is 0 Å². The Balaban J connectivity index is 1.93. The van der Waals surface area contributed by atoms with Gasteiger partial charge < -0.3 is 10.2 Å². The number of thioether (sulfide) groups is 1. The molecular formula is C13H23N3S2. The van der Waals surface area contributed by atoms with E-state index >= 15 is 0 Å². The van der Waals surface area contributed by atoms with Crippen LogP contribution in [-0.2, 0) is 6.54 Å². The maximum Gasteiger partial charge on any atom is 0.185 e. The number of nitrogens with one attached hydrogen (secondary N) is 1. The van der Waals surface area contributed by atoms with Crippen molar-refractivity contribution in [2.24, 2.45) is 0 Å². The number of hydrogen-bond donors (Lipinski definition) is 1. The third-order valence-corrected chi connectivity index (χ3v) is 5.04. The maximum atomic E-state index is 4.57. The maximum absolute atomic E-state index is 4.57. The average molecular weight is 285 g/mol. The molecular weight excluding hydrogens is 262 g/mol. The summed E-state index contributed by atoms with van der Waals surface area (Å²) in [4.78, 5) is 8.32. The smallest absolute Gasteiger partial charge is 0.185 e. The van der Waals surface area contributed by atoms with Gasteiger partial charge in [-0.05, 0) is 20.8 Å². The topological polar surface area (TPSA) is 28.2 Å². The van der Waals surface area contributed by atoms with Gasteiger partial charge in [-0.15, -0.1) is 11.3 Å². The number of hydrogen-bond acceptors (Lipinski definition) is 5. The summed E-state index contributed by atoms with van der Waals surface area (Å²) in [5, 5.41) is 5.42. The lowest BCUT2D eigenvalue weighted by molar-refractivity contribution is 0.426. The highest BCUT2D eigenvalue weighted by molar-refractivity contribution is 8.00. The SMILES string of the molecule is CC1CN(c2ncc(CNC(C)(C)C)s2)CCS1. The van der Waals surface area contributed by atoms with Crippen molar-refractivity contribution in [3.8, 4) is 0 Å². The van der Waals surface area contributed by atoms with Gasteiger partial charge in [0.1, 0.15) is 0 Å². The van der Waals surface area contributed by atoms with Crippen LogP contribution in [-0.4, -0.2) is 34.6 Å². The van der Waals surface area contributed by atoms with Crippen LogP contribution in [0.15, 0.2) is 6.20 Å². The Hall–Kier alpha value is -0.260. The Morgan fingerprint density at radius 2 is 2.28 bits per heavy atom. The number of rotatable bonds is 3. The first-order chi connectivity index (χ1) is 8.44. The van der Waals surface area contributed by atoms with E-state index < -0.39 is 0 Å². The molecule has 1 aromatic rings. The van der Waals surface area contributed by atoms with Gasteiger partial charge in [0.15, 0.2) is 5.13 Å². The van der Waals surface area contributed by atoms with E-state index in [1.807, 2.05) is 17.5 Å². The van der Waals surface area contributed by atoms with Crippen molar-refractivity contribution in [2.45, 2.75) is 45.0 Å². The van der Waals surface area contributed by atoms with Crippen molar-refractivity contribution in [3.63, 3.8) is 0 Å². The largest absolute Gasteiger partial charge is 0.346 e. The zero-order valence-corrected chi connectivity index (χ0v) is 13.3. The molecule has 0 aromatic carbocycles. The molecule has 0 aliphatic carbocycles. The lowest BCUT2D eigenvalue weighted by Gasteiger charge is -2.30. The number of nitrogens with zero attached hydrogens (tertiary/aromatic N) is 2. The lowest BCUT2D eigenvalue weighted by atomic mass is 10.1. The minimum absolute atomic E-state index is 0.167. The zero-order chi connectivity index (χ0) is 13.2. The molecule has 0 bridgehead atoms. The normalized spacial score (nSPS) is 21.3. The van der Waals surface area contributed by atoms with Crippen molar-refractivity contribution in [1.29, 1.82) is 0 Å². The Bertz CT molecular complexity index is 384. The van der Waals surface area contributed by atoms with E-state index in [0.717, 1.165) is 24.9 Å². The van der Waals surface area contributed by atoms with Crippen LogP contribution < -0.4 is 10.2 Å². The molecule has 1 N–H and O–H groups in total. The predicted octanol–water partition coefficient (Wildman–Crippen LogP) is 2.97. The van der Waals surface area contributed by atoms with E-state index in [-0.39, 0.29) is 5.54 Å². The Labute approximate surface area is 118 Å². The van der Waals surface area contributed by atoms with Gasteiger partial charge in [0.05, 0.1) is 0 Å². The van der Waals surface area contributed by atoms with Gasteiger partial charge in [-0.3, -0.25) is 0 Å². The highest BCUT2D eigenvalue weighted by Crippen LogP contribution is 2.27. The van der Waals surface area contributed by atoms with Crippen molar-refractivity contribution in [1.82, 2.24) is 10.3 Å². The van der Waals surface area contributed by atoms with Crippen molar-refractivity contribution in [3.05, 3.63) is 11.1 Å². The minimum atomic E-state index is 0.167. The molecule has 2 heterocycles. The molecule has 2 rings (SSSR count). The number of anilines is 1. The van der Waals surface area contributed by atoms with Crippen molar-refractivity contribution in [2.75, 3.05) is 23.7 Å². The molecule has 1 aromatic heterocycles. The van der Waals surface area contributed by atoms with Crippen molar-refractivity contribution < 1.29 is 0 Å². The first-order valence-corrected chi connectivity index (χ1v) is 8.37. The van der Waals surface area contributed by atoms with Crippen LogP contribution in [0.3, 0.4) is 0 Å². The van der Waals surface area contributed by atoms with E-state index in [1.54, 1.807) is 0 Å². The average Bonchev–Trinajstić information content (AvgIpc) is 2.74. The van der Waals surface area contributed by atoms with Crippen molar-refractivity contribution >= 4 is 28.2 Å². The third-order valence-electron chi connectivity index (χ3n) is 2.85. The fourth-order valence-corrected chi connectivity index (χ4v) is 3.77. The Morgan fingerprint density at radius 1 is 1.50 bits per heavy atom. The van der Waals surface area contributed by atoms with E-state index in [2.05, 4.69) is 54.7 Å². The summed E-state index contributed by atoms with van der Waals surface area (Å²) in [6, 6.07) is 0. The molecule has 1 unspecified atom stereocenters. The zero-order valence-electron chi connectivity index (χ0n) is 11.7. The Kier molecular flexibility index (Phi) is 4.56. The summed E-state index contributed by atoms with van der Waals surface area (Å²) in [5.74, 6) is 1.22. The minimum Gasteiger partial charge on any atom is -0.346 e. The first kappa shape index (κ1) is 14.2. The highest BCUT2D eigenvalue weighted by Gasteiger charge is 2.19. The molecule has 5 heteroatoms. The molecule has 3 nitrogen and oxygen atoms in total. The fourth-order valence-electron chi connectivity index (χ4n) is 1.87. The van der Waals surface area contributed by atoms with Crippen LogP contribution in [0.5, 0.6) is 0 Å². The molecule has 0 radical (unpaired) electrons. The van der Waals surface area contributed by atoms with Crippen LogP contribution in [0.4, 0.5) is 5.13 Å². The molecule has 1 atom stereocenters. The molecule has 1 aliphatic heterocycles. The molecule has 1 saturated heterocycles. The van der Waals surface area contributed by atoms with Crippen LogP contribution in [0, 0.1) is 0 Å². The predicted molar refractivity (Wildman–Crippen MR) is 82.8 cm³/mol. The van der Waals surface area contributed by atoms with Gasteiger partial charge in [-0.2, -0.15) is 11.8 Å². The molecule has 0 amide bonds. The van der Waals surface area contributed by atoms with E-state index in [1.165, 1.54) is 15.8 Å². The second-order valence-corrected chi connectivity index (χ2v) is 8.48. The molecule has 1 fully saturated rings. The molecule has 0 saturated carbocycles. The molecule has 1 aliphatic rings. The summed E-state index contributed by atoms with van der Waals surface area (Å²) in [6.45, 7) is 12.1. The van der Waals surface area contributed by atoms with E-state index in [0.29, 0.717) is 0 Å². The quantitative estimate of drug-likeness (QED) is 0.924. The number of aromatic nitrogens is 1. The van der Waals surface area contributed by atoms with Crippen LogP contribution in [0.25, 0.3) is 0 Å². The summed E-state index contributed by atoms with van der Waals surface area (Å²) < 4.78 is 0. The lowest BCUT2D eigenvalue weighted by Crippen LogP contribution is -2.36. The second kappa shape index (κ2) is 5.80. The van der Waals surface area contributed by atoms with E-state index in [9.17, 15) is 0 Å². The van der Waals surface area contributed by atoms with Crippen LogP contribution in [0.1, 0.15) is 32.6 Å². The summed E-state index contributed by atoms with van der Waals surface area (Å²) in [6.07, 6.45) is 2.02. The summed E-state index contributed by atoms with van der Waals surface area (Å²) >= 11 is 3.88. The standard InChI is InChI=1S/C13H23N3S2/c1-10-9-16(5-6-17-10)12-14-7-11(18-12)8-15-13(2,3)4/h7,10,15H,5-6,8-9H2,1-4H3. The first-order valence-electron chi connectivity index (χ1n) is 6.50. The van der Waals surface area contributed by atoms with Gasteiger partial charge in [0.2, 0.25) is 0 Å². The summed E-state index contributed by atoms with van der Waals surface area (Å²) in [7, 11) is 0. The number of thiazole rings is 1. The molecule has 18 heavy (non-hydrogen) atoms. The molecule has 0 spiro atoms. The van der Waals surface area contributed by atoms with Gasteiger partial charge in [0.25, 0.3) is 0 Å². The van der Waals surface area contributed by atoms with Gasteiger partial charge in [0, 0.05) is 47.2 Å². The van der Waals surface area contributed by atoms with Gasteiger partial charge >= 0.3 is 0 Å². The summed E-state index contributed by atoms with van der Waals surface area (Å²) in [5.41, 5.74) is 0.167. The third kappa shape index (κ3) is 4.14. The Morgan fingerprint density at radius 3 is 2.94 bits per heavy atom. The monoisotopic (exact) mass is 285 g/mol. The second-order valence-electron chi connectivity index (χ2n) is 5.84. The van der Waals surface area contributed by atoms with Gasteiger partial charge in [-0.25, -0.2) is 4.98 Å². The van der Waals surface area contributed by atoms with Gasteiger partial charge in [-0.1, -0.05) is 6.92 Å². The van der Waals surface area contributed by atoms with E-state index in [4.69, 9.17) is 0 Å². The molecule has 102 valence electrons. The fraction of sp³-hybridized carbons (Fsp3) is 0.769. The van der Waals surface area contributed by atoms with Crippen LogP contribution >= 0.6 is 23.1 Å². The highest BCUT2D eigenvalue weighted by atomic mass is 32.2.